The second-order valence-electron chi connectivity index (χ2n) is 6.31. The molecule has 1 fully saturated rings. The van der Waals surface area contributed by atoms with E-state index in [0.29, 0.717) is 0 Å². The Labute approximate surface area is 138 Å². The molecule has 1 saturated carbocycles. The van der Waals surface area contributed by atoms with Crippen LogP contribution >= 0.6 is 0 Å². The quantitative estimate of drug-likeness (QED) is 0.877. The van der Waals surface area contributed by atoms with Gasteiger partial charge in [-0.25, -0.2) is 17.9 Å². The van der Waals surface area contributed by atoms with E-state index in [0.717, 1.165) is 31.2 Å². The maximum absolute atomic E-state index is 12.2. The number of hydrogen-bond acceptors (Lipinski definition) is 4. The van der Waals surface area contributed by atoms with Crippen molar-refractivity contribution in [2.45, 2.75) is 49.6 Å². The lowest BCUT2D eigenvalue weighted by Crippen LogP contribution is -2.54. The summed E-state index contributed by atoms with van der Waals surface area (Å²) in [7, 11) is 0.115. The predicted octanol–water partition coefficient (Wildman–Crippen LogP) is 1.86. The van der Waals surface area contributed by atoms with E-state index in [-0.39, 0.29) is 17.0 Å². The van der Waals surface area contributed by atoms with E-state index >= 15 is 0 Å². The van der Waals surface area contributed by atoms with Crippen LogP contribution < -0.4 is 10.0 Å². The zero-order chi connectivity index (χ0) is 17.0. The molecular weight excluding hydrogens is 314 g/mol. The Hall–Kier alpha value is -1.60. The van der Waals surface area contributed by atoms with Crippen molar-refractivity contribution in [2.24, 2.45) is 0 Å². The highest BCUT2D eigenvalue weighted by molar-refractivity contribution is 7.90. The van der Waals surface area contributed by atoms with Crippen molar-refractivity contribution in [3.8, 4) is 0 Å². The van der Waals surface area contributed by atoms with Crippen molar-refractivity contribution in [3.63, 3.8) is 0 Å². The van der Waals surface area contributed by atoms with Gasteiger partial charge in [-0.05, 0) is 46.0 Å². The molecule has 1 aliphatic rings. The van der Waals surface area contributed by atoms with Gasteiger partial charge in [-0.2, -0.15) is 0 Å². The molecule has 0 heterocycles. The van der Waals surface area contributed by atoms with Gasteiger partial charge in [0.05, 0.1) is 4.90 Å². The number of nitrogens with zero attached hydrogens (tertiary/aromatic N) is 1. The Kier molecular flexibility index (Phi) is 5.64. The molecule has 2 atom stereocenters. The van der Waals surface area contributed by atoms with E-state index in [4.69, 9.17) is 0 Å². The maximum atomic E-state index is 12.2. The highest BCUT2D eigenvalue weighted by Crippen LogP contribution is 2.21. The summed E-state index contributed by atoms with van der Waals surface area (Å²) in [6, 6.07) is 5.93. The molecule has 0 radical (unpaired) electrons. The average Bonchev–Trinajstić information content (AvgIpc) is 2.47. The lowest BCUT2D eigenvalue weighted by Gasteiger charge is -2.36. The number of hydrogen-bond donors (Lipinski definition) is 2. The third kappa shape index (κ3) is 4.68. The van der Waals surface area contributed by atoms with Gasteiger partial charge in [0.25, 0.3) is 10.0 Å². The average molecular weight is 339 g/mol. The van der Waals surface area contributed by atoms with Crippen LogP contribution in [0.15, 0.2) is 29.2 Å². The first-order valence-electron chi connectivity index (χ1n) is 7.86. The zero-order valence-electron chi connectivity index (χ0n) is 13.9. The molecule has 2 amide bonds. The monoisotopic (exact) mass is 339 g/mol. The number of benzene rings is 1. The summed E-state index contributed by atoms with van der Waals surface area (Å²) in [5.41, 5.74) is 0.962. The summed E-state index contributed by atoms with van der Waals surface area (Å²) in [4.78, 5) is 14.3. The molecule has 0 saturated heterocycles. The van der Waals surface area contributed by atoms with Crippen molar-refractivity contribution < 1.29 is 13.2 Å². The molecule has 23 heavy (non-hydrogen) atoms. The molecule has 2 rings (SSSR count). The summed E-state index contributed by atoms with van der Waals surface area (Å²) in [5, 5.41) is 2.82. The van der Waals surface area contributed by atoms with Gasteiger partial charge in [-0.1, -0.05) is 30.5 Å². The van der Waals surface area contributed by atoms with E-state index in [1.807, 2.05) is 21.0 Å². The molecule has 7 heteroatoms. The first-order chi connectivity index (χ1) is 10.8. The number of nitrogens with one attached hydrogen (secondary N) is 2. The Bertz CT molecular complexity index is 641. The fourth-order valence-corrected chi connectivity index (χ4v) is 3.91. The normalized spacial score (nSPS) is 21.9. The van der Waals surface area contributed by atoms with E-state index in [9.17, 15) is 13.2 Å². The molecule has 0 aliphatic heterocycles. The number of rotatable bonds is 4. The predicted molar refractivity (Wildman–Crippen MR) is 89.8 cm³/mol. The van der Waals surface area contributed by atoms with Crippen molar-refractivity contribution >= 4 is 16.1 Å². The van der Waals surface area contributed by atoms with Crippen molar-refractivity contribution in [1.29, 1.82) is 0 Å². The van der Waals surface area contributed by atoms with Crippen LogP contribution in [0.4, 0.5) is 4.79 Å². The van der Waals surface area contributed by atoms with Crippen LogP contribution in [0.1, 0.15) is 31.2 Å². The Morgan fingerprint density at radius 2 is 1.74 bits per heavy atom. The molecule has 128 valence electrons. The molecule has 2 N–H and O–H groups in total. The summed E-state index contributed by atoms with van der Waals surface area (Å²) >= 11 is 0. The minimum absolute atomic E-state index is 0.0352. The van der Waals surface area contributed by atoms with Crippen LogP contribution in [-0.4, -0.2) is 45.5 Å². The van der Waals surface area contributed by atoms with Gasteiger partial charge in [0.1, 0.15) is 0 Å². The topological polar surface area (TPSA) is 78.5 Å². The SMILES string of the molecule is Cc1ccc(S(=O)(=O)NC(=O)N[C@@H]2CCCC[C@H]2N(C)C)cc1. The van der Waals surface area contributed by atoms with E-state index in [1.54, 1.807) is 12.1 Å². The molecule has 0 spiro atoms. The molecule has 1 aromatic carbocycles. The smallest absolute Gasteiger partial charge is 0.328 e. The third-order valence-electron chi connectivity index (χ3n) is 4.27. The lowest BCUT2D eigenvalue weighted by molar-refractivity contribution is 0.175. The maximum Gasteiger partial charge on any atom is 0.328 e. The molecule has 1 aromatic rings. The first-order valence-corrected chi connectivity index (χ1v) is 9.34. The molecule has 1 aliphatic carbocycles. The van der Waals surface area contributed by atoms with Gasteiger partial charge in [0.15, 0.2) is 0 Å². The van der Waals surface area contributed by atoms with Crippen LogP contribution in [0.3, 0.4) is 0 Å². The lowest BCUT2D eigenvalue weighted by atomic mass is 9.90. The first kappa shape index (κ1) is 17.7. The number of urea groups is 1. The van der Waals surface area contributed by atoms with Gasteiger partial charge >= 0.3 is 6.03 Å². The van der Waals surface area contributed by atoms with Gasteiger partial charge in [-0.15, -0.1) is 0 Å². The molecular formula is C16H25N3O3S. The van der Waals surface area contributed by atoms with E-state index in [2.05, 4.69) is 14.9 Å². The standard InChI is InChI=1S/C16H25N3O3S/c1-12-8-10-13(11-9-12)23(21,22)18-16(20)17-14-6-4-5-7-15(14)19(2)3/h8-11,14-15H,4-7H2,1-3H3,(H2,17,18,20)/t14-,15-/m1/s1. The minimum Gasteiger partial charge on any atom is -0.333 e. The van der Waals surface area contributed by atoms with Crippen LogP contribution in [0, 0.1) is 6.92 Å². The highest BCUT2D eigenvalue weighted by Gasteiger charge is 2.29. The van der Waals surface area contributed by atoms with Crippen molar-refractivity contribution in [3.05, 3.63) is 29.8 Å². The van der Waals surface area contributed by atoms with Gasteiger partial charge in [0, 0.05) is 12.1 Å². The minimum atomic E-state index is -3.84. The summed E-state index contributed by atoms with van der Waals surface area (Å²) in [6.07, 6.45) is 4.04. The summed E-state index contributed by atoms with van der Waals surface area (Å²) in [5.74, 6) is 0. The molecule has 0 bridgehead atoms. The second-order valence-corrected chi connectivity index (χ2v) is 8.00. The van der Waals surface area contributed by atoms with Gasteiger partial charge in [0.2, 0.25) is 0 Å². The Balaban J connectivity index is 2.02. The van der Waals surface area contributed by atoms with E-state index in [1.165, 1.54) is 12.1 Å². The number of likely N-dealkylation sites (N-methyl/N-ethyl adjacent to an activating group) is 1. The molecule has 6 nitrogen and oxygen atoms in total. The number of amides is 2. The van der Waals surface area contributed by atoms with Crippen LogP contribution in [0.2, 0.25) is 0 Å². The fourth-order valence-electron chi connectivity index (χ4n) is 2.99. The van der Waals surface area contributed by atoms with E-state index < -0.39 is 16.1 Å². The molecule has 0 aromatic heterocycles. The number of carbonyl (C=O) groups excluding carboxylic acids is 1. The number of aryl methyl sites for hydroxylation is 1. The second kappa shape index (κ2) is 7.31. The molecule has 0 unspecified atom stereocenters. The van der Waals surface area contributed by atoms with Crippen LogP contribution in [0.25, 0.3) is 0 Å². The van der Waals surface area contributed by atoms with Crippen LogP contribution in [-0.2, 0) is 10.0 Å². The van der Waals surface area contributed by atoms with Crippen molar-refractivity contribution in [1.82, 2.24) is 14.9 Å². The summed E-state index contributed by atoms with van der Waals surface area (Å²) < 4.78 is 26.6. The number of carbonyl (C=O) groups is 1. The van der Waals surface area contributed by atoms with Gasteiger partial charge in [-0.3, -0.25) is 0 Å². The Morgan fingerprint density at radius 1 is 1.13 bits per heavy atom. The van der Waals surface area contributed by atoms with Crippen LogP contribution in [0.5, 0.6) is 0 Å². The zero-order valence-corrected chi connectivity index (χ0v) is 14.7. The summed E-state index contributed by atoms with van der Waals surface area (Å²) in [6.45, 7) is 1.88. The van der Waals surface area contributed by atoms with Gasteiger partial charge < -0.3 is 10.2 Å². The third-order valence-corrected chi connectivity index (χ3v) is 5.61. The fraction of sp³-hybridized carbons (Fsp3) is 0.562. The largest absolute Gasteiger partial charge is 0.333 e. The number of sulfonamides is 1. The highest BCUT2D eigenvalue weighted by atomic mass is 32.2. The Morgan fingerprint density at radius 3 is 2.35 bits per heavy atom. The van der Waals surface area contributed by atoms with Crippen molar-refractivity contribution in [2.75, 3.05) is 14.1 Å².